The van der Waals surface area contributed by atoms with Crippen molar-refractivity contribution in [3.8, 4) is 0 Å². The standard InChI is InChI=1S/C14H22ClNO/c1-10(14(2,3)4)16(5)13-8-6-7-12(15)11(13)9-17/h6-8,10,17H,9H2,1-5H3. The molecule has 0 heterocycles. The normalized spacial score (nSPS) is 13.6. The Morgan fingerprint density at radius 1 is 1.35 bits per heavy atom. The fraction of sp³-hybridized carbons (Fsp3) is 0.571. The third-order valence-electron chi connectivity index (χ3n) is 3.47. The number of anilines is 1. The van der Waals surface area contributed by atoms with E-state index in [2.05, 4.69) is 32.6 Å². The molecule has 3 heteroatoms. The van der Waals surface area contributed by atoms with Crippen LogP contribution in [0.25, 0.3) is 0 Å². The molecular formula is C14H22ClNO. The molecule has 0 fully saturated rings. The first-order valence-electron chi connectivity index (χ1n) is 5.90. The van der Waals surface area contributed by atoms with Crippen molar-refractivity contribution in [3.63, 3.8) is 0 Å². The Morgan fingerprint density at radius 3 is 2.41 bits per heavy atom. The van der Waals surface area contributed by atoms with Gasteiger partial charge in [-0.1, -0.05) is 38.4 Å². The predicted octanol–water partition coefficient (Wildman–Crippen LogP) is 3.70. The van der Waals surface area contributed by atoms with Gasteiger partial charge < -0.3 is 10.0 Å². The molecule has 1 rings (SSSR count). The molecule has 0 saturated carbocycles. The van der Waals surface area contributed by atoms with Crippen LogP contribution in [0.5, 0.6) is 0 Å². The van der Waals surface area contributed by atoms with Crippen molar-refractivity contribution in [3.05, 3.63) is 28.8 Å². The maximum Gasteiger partial charge on any atom is 0.0716 e. The molecule has 1 aromatic rings. The second kappa shape index (κ2) is 5.28. The van der Waals surface area contributed by atoms with E-state index < -0.39 is 0 Å². The topological polar surface area (TPSA) is 23.5 Å². The minimum atomic E-state index is -0.0315. The Bertz CT molecular complexity index is 384. The van der Waals surface area contributed by atoms with Gasteiger partial charge in [-0.3, -0.25) is 0 Å². The molecule has 0 radical (unpaired) electrons. The highest BCUT2D eigenvalue weighted by molar-refractivity contribution is 6.31. The van der Waals surface area contributed by atoms with Crippen LogP contribution in [0.15, 0.2) is 18.2 Å². The number of hydrogen-bond donors (Lipinski definition) is 1. The van der Waals surface area contributed by atoms with E-state index in [1.54, 1.807) is 0 Å². The smallest absolute Gasteiger partial charge is 0.0716 e. The van der Waals surface area contributed by atoms with E-state index in [9.17, 15) is 5.11 Å². The first-order valence-corrected chi connectivity index (χ1v) is 6.28. The van der Waals surface area contributed by atoms with Gasteiger partial charge in [-0.05, 0) is 24.5 Å². The van der Waals surface area contributed by atoms with Gasteiger partial charge in [0.1, 0.15) is 0 Å². The van der Waals surface area contributed by atoms with Crippen LogP contribution in [0.3, 0.4) is 0 Å². The van der Waals surface area contributed by atoms with Gasteiger partial charge in [0.25, 0.3) is 0 Å². The van der Waals surface area contributed by atoms with Gasteiger partial charge in [-0.25, -0.2) is 0 Å². The Hall–Kier alpha value is -0.730. The molecule has 96 valence electrons. The first kappa shape index (κ1) is 14.3. The summed E-state index contributed by atoms with van der Waals surface area (Å²) in [6.07, 6.45) is 0. The van der Waals surface area contributed by atoms with Crippen LogP contribution in [-0.2, 0) is 6.61 Å². The molecule has 0 saturated heterocycles. The first-order chi connectivity index (χ1) is 7.79. The fourth-order valence-corrected chi connectivity index (χ4v) is 2.05. The lowest BCUT2D eigenvalue weighted by Gasteiger charge is -2.37. The molecule has 0 spiro atoms. The van der Waals surface area contributed by atoms with E-state index in [0.717, 1.165) is 11.3 Å². The van der Waals surface area contributed by atoms with E-state index in [4.69, 9.17) is 11.6 Å². The summed E-state index contributed by atoms with van der Waals surface area (Å²) in [5.41, 5.74) is 1.97. The molecule has 0 amide bonds. The molecule has 1 atom stereocenters. The number of hydrogen-bond acceptors (Lipinski definition) is 2. The number of nitrogens with zero attached hydrogens (tertiary/aromatic N) is 1. The minimum Gasteiger partial charge on any atom is -0.392 e. The zero-order chi connectivity index (χ0) is 13.2. The number of halogens is 1. The van der Waals surface area contributed by atoms with Crippen molar-refractivity contribution in [2.45, 2.75) is 40.3 Å². The Morgan fingerprint density at radius 2 is 1.94 bits per heavy atom. The van der Waals surface area contributed by atoms with E-state index >= 15 is 0 Å². The summed E-state index contributed by atoms with van der Waals surface area (Å²) < 4.78 is 0. The average Bonchev–Trinajstić information content (AvgIpc) is 2.25. The van der Waals surface area contributed by atoms with E-state index in [0.29, 0.717) is 11.1 Å². The summed E-state index contributed by atoms with van der Waals surface area (Å²) in [5, 5.41) is 10.0. The molecule has 0 aromatic heterocycles. The van der Waals surface area contributed by atoms with Crippen molar-refractivity contribution in [1.82, 2.24) is 0 Å². The summed E-state index contributed by atoms with van der Waals surface area (Å²) in [6, 6.07) is 6.08. The SMILES string of the molecule is CC(N(C)c1cccc(Cl)c1CO)C(C)(C)C. The van der Waals surface area contributed by atoms with Crippen molar-refractivity contribution < 1.29 is 5.11 Å². The third-order valence-corrected chi connectivity index (χ3v) is 3.82. The Labute approximate surface area is 109 Å². The van der Waals surface area contributed by atoms with Gasteiger partial charge in [-0.15, -0.1) is 0 Å². The molecule has 0 aliphatic rings. The van der Waals surface area contributed by atoms with Crippen LogP contribution >= 0.6 is 11.6 Å². The van der Waals surface area contributed by atoms with Gasteiger partial charge in [0.05, 0.1) is 6.61 Å². The van der Waals surface area contributed by atoms with Crippen LogP contribution in [0.2, 0.25) is 5.02 Å². The van der Waals surface area contributed by atoms with Crippen LogP contribution in [-0.4, -0.2) is 18.2 Å². The molecule has 0 aliphatic heterocycles. The van der Waals surface area contributed by atoms with E-state index in [1.165, 1.54) is 0 Å². The summed E-state index contributed by atoms with van der Waals surface area (Å²) in [4.78, 5) is 2.18. The molecule has 2 nitrogen and oxygen atoms in total. The van der Waals surface area contributed by atoms with Crippen molar-refractivity contribution in [2.24, 2.45) is 5.41 Å². The summed E-state index contributed by atoms with van der Waals surface area (Å²) >= 11 is 6.11. The molecule has 17 heavy (non-hydrogen) atoms. The summed E-state index contributed by atoms with van der Waals surface area (Å²) in [5.74, 6) is 0. The highest BCUT2D eigenvalue weighted by Crippen LogP contribution is 2.32. The largest absolute Gasteiger partial charge is 0.392 e. The van der Waals surface area contributed by atoms with E-state index in [-0.39, 0.29) is 12.0 Å². The van der Waals surface area contributed by atoms with Crippen molar-refractivity contribution >= 4 is 17.3 Å². The highest BCUT2D eigenvalue weighted by atomic mass is 35.5. The Balaban J connectivity index is 3.12. The molecule has 0 aliphatic carbocycles. The van der Waals surface area contributed by atoms with Gasteiger partial charge in [-0.2, -0.15) is 0 Å². The Kier molecular flexibility index (Phi) is 4.45. The van der Waals surface area contributed by atoms with Gasteiger partial charge in [0.2, 0.25) is 0 Å². The lowest BCUT2D eigenvalue weighted by Crippen LogP contribution is -2.39. The third kappa shape index (κ3) is 3.14. The predicted molar refractivity (Wildman–Crippen MR) is 74.7 cm³/mol. The van der Waals surface area contributed by atoms with Gasteiger partial charge in [0, 0.05) is 29.4 Å². The van der Waals surface area contributed by atoms with Gasteiger partial charge in [0.15, 0.2) is 0 Å². The minimum absolute atomic E-state index is 0.0315. The van der Waals surface area contributed by atoms with Crippen LogP contribution in [0, 0.1) is 5.41 Å². The number of benzene rings is 1. The molecule has 1 aromatic carbocycles. The molecule has 1 unspecified atom stereocenters. The summed E-state index contributed by atoms with van der Waals surface area (Å²) in [7, 11) is 2.04. The number of aliphatic hydroxyl groups excluding tert-OH is 1. The zero-order valence-electron chi connectivity index (χ0n) is 11.3. The quantitative estimate of drug-likeness (QED) is 0.890. The van der Waals surface area contributed by atoms with Crippen LogP contribution < -0.4 is 4.90 Å². The summed E-state index contributed by atoms with van der Waals surface area (Å²) in [6.45, 7) is 8.77. The van der Waals surface area contributed by atoms with E-state index in [1.807, 2.05) is 25.2 Å². The molecule has 1 N–H and O–H groups in total. The van der Waals surface area contributed by atoms with Crippen LogP contribution in [0.4, 0.5) is 5.69 Å². The van der Waals surface area contributed by atoms with Gasteiger partial charge >= 0.3 is 0 Å². The van der Waals surface area contributed by atoms with Crippen LogP contribution in [0.1, 0.15) is 33.3 Å². The van der Waals surface area contributed by atoms with Crippen molar-refractivity contribution in [1.29, 1.82) is 0 Å². The monoisotopic (exact) mass is 255 g/mol. The zero-order valence-corrected chi connectivity index (χ0v) is 12.0. The fourth-order valence-electron chi connectivity index (χ4n) is 1.82. The second-order valence-electron chi connectivity index (χ2n) is 5.55. The molecule has 0 bridgehead atoms. The maximum absolute atomic E-state index is 9.42. The number of aliphatic hydroxyl groups is 1. The second-order valence-corrected chi connectivity index (χ2v) is 5.96. The average molecular weight is 256 g/mol. The highest BCUT2D eigenvalue weighted by Gasteiger charge is 2.25. The lowest BCUT2D eigenvalue weighted by molar-refractivity contribution is 0.280. The maximum atomic E-state index is 9.42. The lowest BCUT2D eigenvalue weighted by atomic mass is 9.86. The molecular weight excluding hydrogens is 234 g/mol. The van der Waals surface area contributed by atoms with Crippen molar-refractivity contribution in [2.75, 3.05) is 11.9 Å². The number of rotatable bonds is 3.